The minimum atomic E-state index is -0.765. The molecule has 5 aromatic rings. The summed E-state index contributed by atoms with van der Waals surface area (Å²) in [6.07, 6.45) is 4.76. The number of H-pyrrole nitrogens is 1. The quantitative estimate of drug-likeness (QED) is 0.381. The molecule has 0 aliphatic carbocycles. The minimum absolute atomic E-state index is 0.453. The number of nitrogens with one attached hydrogen (secondary N) is 3. The Morgan fingerprint density at radius 3 is 2.50 bits per heavy atom. The molecule has 3 aromatic heterocycles. The second-order valence-electron chi connectivity index (χ2n) is 6.66. The van der Waals surface area contributed by atoms with E-state index >= 15 is 0 Å². The first kappa shape index (κ1) is 18.0. The summed E-state index contributed by atoms with van der Waals surface area (Å²) in [5, 5.41) is 14.4. The van der Waals surface area contributed by atoms with Gasteiger partial charge in [0.1, 0.15) is 0 Å². The number of rotatable bonds is 3. The Kier molecular flexibility index (Phi) is 4.45. The molecule has 30 heavy (non-hydrogen) atoms. The van der Waals surface area contributed by atoms with Crippen LogP contribution in [-0.2, 0) is 9.59 Å². The topological polar surface area (TPSA) is 99.8 Å². The molecule has 0 saturated heterocycles. The number of aromatic nitrogens is 3. The Bertz CT molecular complexity index is 1360. The van der Waals surface area contributed by atoms with Crippen LogP contribution in [0.1, 0.15) is 0 Å². The van der Waals surface area contributed by atoms with Gasteiger partial charge in [0, 0.05) is 32.4 Å². The first-order chi connectivity index (χ1) is 14.7. The molecule has 0 fully saturated rings. The number of hydrogen-bond donors (Lipinski definition) is 3. The Balaban J connectivity index is 1.46. The van der Waals surface area contributed by atoms with E-state index in [1.54, 1.807) is 41.9 Å². The monoisotopic (exact) mass is 413 g/mol. The van der Waals surface area contributed by atoms with E-state index in [9.17, 15) is 9.59 Å². The predicted octanol–water partition coefficient (Wildman–Crippen LogP) is 4.42. The second-order valence-corrected chi connectivity index (χ2v) is 7.74. The van der Waals surface area contributed by atoms with E-state index in [0.717, 1.165) is 26.7 Å². The molecule has 2 amide bonds. The number of carbonyl (C=O) groups is 2. The van der Waals surface area contributed by atoms with Gasteiger partial charge in [-0.05, 0) is 41.8 Å². The summed E-state index contributed by atoms with van der Waals surface area (Å²) in [5.74, 6) is -1.53. The lowest BCUT2D eigenvalue weighted by Crippen LogP contribution is -2.29. The maximum atomic E-state index is 12.4. The third-order valence-corrected chi connectivity index (χ3v) is 5.77. The fourth-order valence-electron chi connectivity index (χ4n) is 3.25. The molecule has 0 unspecified atom stereocenters. The van der Waals surface area contributed by atoms with Crippen molar-refractivity contribution >= 4 is 55.5 Å². The number of benzene rings is 2. The van der Waals surface area contributed by atoms with Gasteiger partial charge in [-0.3, -0.25) is 19.7 Å². The lowest BCUT2D eigenvalue weighted by atomic mass is 10.1. The van der Waals surface area contributed by atoms with Gasteiger partial charge < -0.3 is 10.6 Å². The fraction of sp³-hybridized carbons (Fsp3) is 0. The normalized spacial score (nSPS) is 10.9. The van der Waals surface area contributed by atoms with Gasteiger partial charge in [-0.25, -0.2) is 0 Å². The van der Waals surface area contributed by atoms with Crippen LogP contribution in [0.3, 0.4) is 0 Å². The third-order valence-electron chi connectivity index (χ3n) is 4.62. The summed E-state index contributed by atoms with van der Waals surface area (Å²) < 4.78 is 1.17. The molecule has 3 N–H and O–H groups in total. The number of hydrogen-bond acceptors (Lipinski definition) is 5. The largest absolute Gasteiger partial charge is 0.318 e. The zero-order valence-electron chi connectivity index (χ0n) is 15.5. The third kappa shape index (κ3) is 3.40. The van der Waals surface area contributed by atoms with Crippen LogP contribution in [0.15, 0.2) is 73.2 Å². The van der Waals surface area contributed by atoms with Crippen LogP contribution in [0.25, 0.3) is 31.4 Å². The van der Waals surface area contributed by atoms with Crippen molar-refractivity contribution in [2.24, 2.45) is 0 Å². The number of fused-ring (bicyclic) bond motifs is 2. The van der Waals surface area contributed by atoms with E-state index < -0.39 is 11.8 Å². The smallest absolute Gasteiger partial charge is 0.314 e. The molecule has 0 spiro atoms. The van der Waals surface area contributed by atoms with Crippen molar-refractivity contribution in [3.05, 3.63) is 73.2 Å². The minimum Gasteiger partial charge on any atom is -0.318 e. The molecule has 2 aromatic carbocycles. The number of anilines is 2. The average molecular weight is 413 g/mol. The predicted molar refractivity (Wildman–Crippen MR) is 118 cm³/mol. The van der Waals surface area contributed by atoms with E-state index in [2.05, 4.69) is 44.0 Å². The van der Waals surface area contributed by atoms with Crippen molar-refractivity contribution in [2.75, 3.05) is 10.6 Å². The first-order valence-electron chi connectivity index (χ1n) is 9.16. The molecule has 8 heteroatoms. The number of aromatic amines is 1. The molecule has 5 rings (SSSR count). The van der Waals surface area contributed by atoms with E-state index in [1.807, 2.05) is 18.2 Å². The van der Waals surface area contributed by atoms with Crippen LogP contribution >= 0.6 is 11.3 Å². The van der Waals surface area contributed by atoms with Crippen LogP contribution in [0.5, 0.6) is 0 Å². The molecule has 3 heterocycles. The second kappa shape index (κ2) is 7.41. The molecule has 0 aliphatic heterocycles. The Morgan fingerprint density at radius 1 is 0.867 bits per heavy atom. The van der Waals surface area contributed by atoms with Crippen LogP contribution in [0.4, 0.5) is 11.4 Å². The summed E-state index contributed by atoms with van der Waals surface area (Å²) in [7, 11) is 0. The van der Waals surface area contributed by atoms with E-state index in [-0.39, 0.29) is 0 Å². The Labute approximate surface area is 174 Å². The molecule has 0 saturated carbocycles. The highest BCUT2D eigenvalue weighted by molar-refractivity contribution is 7.22. The summed E-state index contributed by atoms with van der Waals surface area (Å²) in [6, 6.07) is 17.2. The standard InChI is InChI=1S/C22H15N5O2S/c28-21(25-15-5-3-7-23-12-15)22(29)26-16-8-14-11-24-27-20(14)17(10-16)19-9-13-4-1-2-6-18(13)30-19/h1-12H,(H,24,27)(H,25,28)(H,26,29). The lowest BCUT2D eigenvalue weighted by Gasteiger charge is -2.08. The summed E-state index contributed by atoms with van der Waals surface area (Å²) in [5.41, 5.74) is 2.75. The SMILES string of the molecule is O=C(Nc1cccnc1)C(=O)Nc1cc(-c2cc3ccccc3s2)c2[nH]ncc2c1. The molecule has 0 bridgehead atoms. The van der Waals surface area contributed by atoms with Gasteiger partial charge in [-0.2, -0.15) is 5.10 Å². The molecule has 7 nitrogen and oxygen atoms in total. The average Bonchev–Trinajstić information content (AvgIpc) is 3.40. The van der Waals surface area contributed by atoms with E-state index in [0.29, 0.717) is 11.4 Å². The van der Waals surface area contributed by atoms with Crippen molar-refractivity contribution in [3.8, 4) is 10.4 Å². The molecule has 146 valence electrons. The van der Waals surface area contributed by atoms with Crippen LogP contribution < -0.4 is 10.6 Å². The first-order valence-corrected chi connectivity index (χ1v) is 9.97. The van der Waals surface area contributed by atoms with E-state index in [1.165, 1.54) is 10.9 Å². The van der Waals surface area contributed by atoms with Gasteiger partial charge in [-0.15, -0.1) is 11.3 Å². The summed E-state index contributed by atoms with van der Waals surface area (Å²) >= 11 is 1.66. The highest BCUT2D eigenvalue weighted by Crippen LogP contribution is 2.38. The number of pyridine rings is 1. The van der Waals surface area contributed by atoms with Crippen molar-refractivity contribution in [1.82, 2.24) is 15.2 Å². The summed E-state index contributed by atoms with van der Waals surface area (Å²) in [6.45, 7) is 0. The fourth-order valence-corrected chi connectivity index (χ4v) is 4.34. The Morgan fingerprint density at radius 2 is 1.70 bits per heavy atom. The zero-order chi connectivity index (χ0) is 20.5. The van der Waals surface area contributed by atoms with Crippen molar-refractivity contribution in [2.45, 2.75) is 0 Å². The van der Waals surface area contributed by atoms with Crippen molar-refractivity contribution < 1.29 is 9.59 Å². The number of carbonyl (C=O) groups excluding carboxylic acids is 2. The molecule has 0 aliphatic rings. The van der Waals surface area contributed by atoms with Gasteiger partial charge in [-0.1, -0.05) is 18.2 Å². The highest BCUT2D eigenvalue weighted by atomic mass is 32.1. The van der Waals surface area contributed by atoms with E-state index in [4.69, 9.17) is 0 Å². The van der Waals surface area contributed by atoms with Crippen LogP contribution in [-0.4, -0.2) is 27.0 Å². The molecule has 0 radical (unpaired) electrons. The number of thiophene rings is 1. The van der Waals surface area contributed by atoms with Crippen molar-refractivity contribution in [1.29, 1.82) is 0 Å². The Hall–Kier alpha value is -4.04. The molecular weight excluding hydrogens is 398 g/mol. The zero-order valence-corrected chi connectivity index (χ0v) is 16.4. The highest BCUT2D eigenvalue weighted by Gasteiger charge is 2.17. The van der Waals surface area contributed by atoms with Gasteiger partial charge in [0.25, 0.3) is 0 Å². The van der Waals surface area contributed by atoms with Crippen LogP contribution in [0.2, 0.25) is 0 Å². The molecule has 0 atom stereocenters. The lowest BCUT2D eigenvalue weighted by molar-refractivity contribution is -0.132. The maximum Gasteiger partial charge on any atom is 0.314 e. The summed E-state index contributed by atoms with van der Waals surface area (Å²) in [4.78, 5) is 29.6. The van der Waals surface area contributed by atoms with Gasteiger partial charge in [0.2, 0.25) is 0 Å². The van der Waals surface area contributed by atoms with Gasteiger partial charge in [0.05, 0.1) is 23.6 Å². The van der Waals surface area contributed by atoms with Gasteiger partial charge >= 0.3 is 11.8 Å². The molecular formula is C22H15N5O2S. The number of nitrogens with zero attached hydrogens (tertiary/aromatic N) is 2. The maximum absolute atomic E-state index is 12.4. The van der Waals surface area contributed by atoms with Gasteiger partial charge in [0.15, 0.2) is 0 Å². The van der Waals surface area contributed by atoms with Crippen LogP contribution in [0, 0.1) is 0 Å². The van der Waals surface area contributed by atoms with Crippen molar-refractivity contribution in [3.63, 3.8) is 0 Å². The number of amides is 2.